The molecular weight excluding hydrogens is 286 g/mol. The topological polar surface area (TPSA) is 79.1 Å². The van der Waals surface area contributed by atoms with Crippen molar-refractivity contribution in [3.8, 4) is 0 Å². The van der Waals surface area contributed by atoms with E-state index in [-0.39, 0.29) is 0 Å². The van der Waals surface area contributed by atoms with E-state index in [0.29, 0.717) is 16.9 Å². The van der Waals surface area contributed by atoms with Gasteiger partial charge in [-0.3, -0.25) is 10.3 Å². The number of anilines is 1. The van der Waals surface area contributed by atoms with E-state index in [2.05, 4.69) is 27.2 Å². The van der Waals surface area contributed by atoms with Crippen molar-refractivity contribution < 1.29 is 0 Å². The Labute approximate surface area is 130 Å². The summed E-state index contributed by atoms with van der Waals surface area (Å²) < 4.78 is 0. The summed E-state index contributed by atoms with van der Waals surface area (Å²) in [6.07, 6.45) is 6.08. The number of rotatable bonds is 7. The summed E-state index contributed by atoms with van der Waals surface area (Å²) in [4.78, 5) is 11.8. The number of imidazole rings is 1. The van der Waals surface area contributed by atoms with Crippen LogP contribution < -0.4 is 11.1 Å². The third-order valence-corrected chi connectivity index (χ3v) is 3.47. The molecule has 2 rings (SSSR count). The second-order valence-corrected chi connectivity index (χ2v) is 5.49. The molecule has 0 aliphatic heterocycles. The van der Waals surface area contributed by atoms with Gasteiger partial charge in [-0.2, -0.15) is 0 Å². The monoisotopic (exact) mass is 307 g/mol. The van der Waals surface area contributed by atoms with Crippen LogP contribution in [0.5, 0.6) is 0 Å². The van der Waals surface area contributed by atoms with Gasteiger partial charge in [-0.1, -0.05) is 44.2 Å². The highest BCUT2D eigenvalue weighted by Crippen LogP contribution is 2.18. The maximum Gasteiger partial charge on any atom is 0.208 e. The standard InChI is InChI=1S/C15H22ClN5/c1-2-3-4-5-6-9-18-14(17)21-15-19-12-8-7-11(16)10-13(12)20-15/h7-8,10H,2-6,9H2,1H3,(H4,17,18,19,20,21). The van der Waals surface area contributed by atoms with Gasteiger partial charge in [0.1, 0.15) is 0 Å². The zero-order valence-electron chi connectivity index (χ0n) is 12.3. The zero-order valence-corrected chi connectivity index (χ0v) is 13.1. The number of benzene rings is 1. The fraction of sp³-hybridized carbons (Fsp3) is 0.467. The van der Waals surface area contributed by atoms with Gasteiger partial charge in [0.15, 0.2) is 5.96 Å². The van der Waals surface area contributed by atoms with Crippen molar-refractivity contribution in [1.82, 2.24) is 9.97 Å². The van der Waals surface area contributed by atoms with Crippen LogP contribution in [0.4, 0.5) is 5.95 Å². The quantitative estimate of drug-likeness (QED) is 0.412. The molecule has 21 heavy (non-hydrogen) atoms. The third kappa shape index (κ3) is 4.93. The first-order valence-corrected chi connectivity index (χ1v) is 7.79. The lowest BCUT2D eigenvalue weighted by molar-refractivity contribution is 0.638. The molecule has 0 saturated carbocycles. The Morgan fingerprint density at radius 1 is 1.33 bits per heavy atom. The average molecular weight is 308 g/mol. The molecule has 5 nitrogen and oxygen atoms in total. The summed E-state index contributed by atoms with van der Waals surface area (Å²) >= 11 is 5.94. The predicted molar refractivity (Wildman–Crippen MR) is 90.0 cm³/mol. The Morgan fingerprint density at radius 2 is 2.14 bits per heavy atom. The number of fused-ring (bicyclic) bond motifs is 1. The van der Waals surface area contributed by atoms with E-state index in [1.165, 1.54) is 25.7 Å². The second-order valence-electron chi connectivity index (χ2n) is 5.05. The number of nitrogens with two attached hydrogens (primary N) is 1. The number of aliphatic imine (C=N–C) groups is 1. The number of hydrogen-bond acceptors (Lipinski definition) is 2. The van der Waals surface area contributed by atoms with Crippen molar-refractivity contribution in [1.29, 1.82) is 0 Å². The van der Waals surface area contributed by atoms with E-state index in [0.717, 1.165) is 24.0 Å². The molecule has 1 aromatic carbocycles. The molecule has 1 aromatic heterocycles. The molecule has 0 saturated heterocycles. The van der Waals surface area contributed by atoms with Gasteiger partial charge in [0.05, 0.1) is 11.0 Å². The summed E-state index contributed by atoms with van der Waals surface area (Å²) in [5, 5.41) is 3.64. The van der Waals surface area contributed by atoms with Crippen LogP contribution in [0.3, 0.4) is 0 Å². The lowest BCUT2D eigenvalue weighted by atomic mass is 10.2. The SMILES string of the molecule is CCCCCCCN=C(N)Nc1nc2ccc(Cl)cc2[nH]1. The van der Waals surface area contributed by atoms with E-state index >= 15 is 0 Å². The van der Waals surface area contributed by atoms with Crippen molar-refractivity contribution in [2.24, 2.45) is 10.7 Å². The van der Waals surface area contributed by atoms with Crippen LogP contribution in [0, 0.1) is 0 Å². The number of guanidine groups is 1. The molecule has 0 amide bonds. The highest BCUT2D eigenvalue weighted by molar-refractivity contribution is 6.31. The van der Waals surface area contributed by atoms with Crippen LogP contribution >= 0.6 is 11.6 Å². The summed E-state index contributed by atoms with van der Waals surface area (Å²) in [6.45, 7) is 2.95. The van der Waals surface area contributed by atoms with Crippen molar-refractivity contribution in [3.05, 3.63) is 23.2 Å². The molecule has 0 atom stereocenters. The fourth-order valence-corrected chi connectivity index (χ4v) is 2.29. The van der Waals surface area contributed by atoms with Crippen LogP contribution in [0.1, 0.15) is 39.0 Å². The van der Waals surface area contributed by atoms with Gasteiger partial charge in [0.2, 0.25) is 5.95 Å². The van der Waals surface area contributed by atoms with E-state index in [9.17, 15) is 0 Å². The molecule has 0 spiro atoms. The Kier molecular flexibility index (Phi) is 5.87. The van der Waals surface area contributed by atoms with Gasteiger partial charge in [-0.05, 0) is 24.6 Å². The zero-order chi connectivity index (χ0) is 15.1. The van der Waals surface area contributed by atoms with Crippen molar-refractivity contribution in [2.75, 3.05) is 11.9 Å². The summed E-state index contributed by atoms with van der Waals surface area (Å²) in [5.41, 5.74) is 7.57. The molecule has 0 aliphatic carbocycles. The third-order valence-electron chi connectivity index (χ3n) is 3.23. The van der Waals surface area contributed by atoms with Gasteiger partial charge in [0, 0.05) is 11.6 Å². The maximum absolute atomic E-state index is 5.94. The molecule has 0 radical (unpaired) electrons. The van der Waals surface area contributed by atoms with E-state index in [1.54, 1.807) is 0 Å². The molecule has 0 unspecified atom stereocenters. The first-order chi connectivity index (χ1) is 10.2. The molecule has 0 aliphatic rings. The van der Waals surface area contributed by atoms with E-state index in [1.807, 2.05) is 18.2 Å². The van der Waals surface area contributed by atoms with Gasteiger partial charge in [0.25, 0.3) is 0 Å². The lowest BCUT2D eigenvalue weighted by Crippen LogP contribution is -2.23. The molecular formula is C15H22ClN5. The molecule has 4 N–H and O–H groups in total. The van der Waals surface area contributed by atoms with Gasteiger partial charge in [-0.15, -0.1) is 0 Å². The molecule has 1 heterocycles. The smallest absolute Gasteiger partial charge is 0.208 e. The number of halogens is 1. The number of aromatic nitrogens is 2. The first kappa shape index (κ1) is 15.6. The number of unbranched alkanes of at least 4 members (excludes halogenated alkanes) is 4. The van der Waals surface area contributed by atoms with Crippen LogP contribution in [-0.4, -0.2) is 22.5 Å². The number of aromatic amines is 1. The minimum Gasteiger partial charge on any atom is -0.370 e. The number of H-pyrrole nitrogens is 1. The first-order valence-electron chi connectivity index (χ1n) is 7.41. The molecule has 6 heteroatoms. The molecule has 0 bridgehead atoms. The summed E-state index contributed by atoms with van der Waals surface area (Å²) in [7, 11) is 0. The Morgan fingerprint density at radius 3 is 2.95 bits per heavy atom. The van der Waals surface area contributed by atoms with Crippen LogP contribution in [0.2, 0.25) is 5.02 Å². The Hall–Kier alpha value is -1.75. The molecule has 2 aromatic rings. The number of nitrogens with one attached hydrogen (secondary N) is 2. The van der Waals surface area contributed by atoms with Crippen molar-refractivity contribution in [2.45, 2.75) is 39.0 Å². The summed E-state index contributed by atoms with van der Waals surface area (Å²) in [6, 6.07) is 5.50. The van der Waals surface area contributed by atoms with Gasteiger partial charge >= 0.3 is 0 Å². The maximum atomic E-state index is 5.94. The van der Waals surface area contributed by atoms with Gasteiger partial charge in [-0.25, -0.2) is 4.98 Å². The summed E-state index contributed by atoms with van der Waals surface area (Å²) in [5.74, 6) is 0.968. The van der Waals surface area contributed by atoms with Crippen LogP contribution in [0.25, 0.3) is 11.0 Å². The fourth-order valence-electron chi connectivity index (χ4n) is 2.12. The van der Waals surface area contributed by atoms with E-state index < -0.39 is 0 Å². The van der Waals surface area contributed by atoms with Crippen LogP contribution in [0.15, 0.2) is 23.2 Å². The molecule has 114 valence electrons. The Balaban J connectivity index is 1.84. The highest BCUT2D eigenvalue weighted by atomic mass is 35.5. The minimum atomic E-state index is 0.385. The normalized spacial score (nSPS) is 12.0. The van der Waals surface area contributed by atoms with Crippen LogP contribution in [-0.2, 0) is 0 Å². The number of hydrogen-bond donors (Lipinski definition) is 3. The predicted octanol–water partition coefficient (Wildman–Crippen LogP) is 3.91. The van der Waals surface area contributed by atoms with Crippen molar-refractivity contribution >= 4 is 34.5 Å². The van der Waals surface area contributed by atoms with Crippen molar-refractivity contribution in [3.63, 3.8) is 0 Å². The molecule has 0 fully saturated rings. The second kappa shape index (κ2) is 7.88. The highest BCUT2D eigenvalue weighted by Gasteiger charge is 2.03. The number of nitrogens with zero attached hydrogens (tertiary/aromatic N) is 2. The largest absolute Gasteiger partial charge is 0.370 e. The minimum absolute atomic E-state index is 0.385. The lowest BCUT2D eigenvalue weighted by Gasteiger charge is -2.01. The van der Waals surface area contributed by atoms with E-state index in [4.69, 9.17) is 17.3 Å². The average Bonchev–Trinajstić information content (AvgIpc) is 2.83. The Bertz CT molecular complexity index is 605. The van der Waals surface area contributed by atoms with Gasteiger partial charge < -0.3 is 10.7 Å².